The Morgan fingerprint density at radius 2 is 1.08 bits per heavy atom. The van der Waals surface area contributed by atoms with E-state index in [1.54, 1.807) is 0 Å². The second kappa shape index (κ2) is 11.1. The maximum Gasteiger partial charge on any atom is 0.137 e. The summed E-state index contributed by atoms with van der Waals surface area (Å²) in [6, 6.07) is 65.7. The molecule has 0 saturated heterocycles. The van der Waals surface area contributed by atoms with Crippen molar-refractivity contribution >= 4 is 49.8 Å². The first-order chi connectivity index (χ1) is 24.7. The molecule has 50 heavy (non-hydrogen) atoms. The molecule has 236 valence electrons. The topological polar surface area (TPSA) is 16.4 Å². The molecule has 0 amide bonds. The lowest BCUT2D eigenvalue weighted by molar-refractivity contribution is 0.667. The minimum absolute atomic E-state index is 0.303. The van der Waals surface area contributed by atoms with Crippen molar-refractivity contribution in [2.75, 3.05) is 4.90 Å². The third-order valence-corrected chi connectivity index (χ3v) is 10.8. The molecule has 8 aromatic carbocycles. The van der Waals surface area contributed by atoms with Crippen molar-refractivity contribution < 1.29 is 4.42 Å². The largest absolute Gasteiger partial charge is 0.456 e. The molecule has 0 unspecified atom stereocenters. The number of fused-ring (bicyclic) bond motifs is 7. The highest BCUT2D eigenvalue weighted by molar-refractivity contribution is 6.15. The molecule has 0 saturated carbocycles. The molecule has 2 nitrogen and oxygen atoms in total. The van der Waals surface area contributed by atoms with Gasteiger partial charge in [0, 0.05) is 21.9 Å². The predicted octanol–water partition coefficient (Wildman–Crippen LogP) is 13.2. The first-order valence-corrected chi connectivity index (χ1v) is 17.3. The fourth-order valence-corrected chi connectivity index (χ4v) is 8.31. The Kier molecular flexibility index (Phi) is 6.34. The molecular formula is C48H33NO. The fraction of sp³-hybridized carbons (Fsp3) is 0.0417. The highest BCUT2D eigenvalue weighted by atomic mass is 16.3. The van der Waals surface area contributed by atoms with Gasteiger partial charge in [-0.25, -0.2) is 0 Å². The van der Waals surface area contributed by atoms with Gasteiger partial charge in [0.1, 0.15) is 11.2 Å². The molecule has 0 N–H and O–H groups in total. The van der Waals surface area contributed by atoms with Crippen LogP contribution in [0.5, 0.6) is 0 Å². The zero-order chi connectivity index (χ0) is 33.2. The molecule has 0 bridgehead atoms. The van der Waals surface area contributed by atoms with E-state index in [1.165, 1.54) is 49.7 Å². The highest BCUT2D eigenvalue weighted by Crippen LogP contribution is 2.53. The van der Waals surface area contributed by atoms with Crippen molar-refractivity contribution in [3.05, 3.63) is 199 Å². The van der Waals surface area contributed by atoms with Gasteiger partial charge in [0.15, 0.2) is 0 Å². The van der Waals surface area contributed by atoms with Gasteiger partial charge in [-0.1, -0.05) is 140 Å². The molecule has 1 aliphatic rings. The van der Waals surface area contributed by atoms with Crippen LogP contribution in [0.15, 0.2) is 186 Å². The molecule has 1 aliphatic carbocycles. The summed E-state index contributed by atoms with van der Waals surface area (Å²) >= 11 is 0. The highest BCUT2D eigenvalue weighted by Gasteiger charge is 2.40. The molecule has 0 atom stereocenters. The van der Waals surface area contributed by atoms with Crippen LogP contribution < -0.4 is 4.90 Å². The van der Waals surface area contributed by atoms with Gasteiger partial charge < -0.3 is 9.32 Å². The van der Waals surface area contributed by atoms with Crippen molar-refractivity contribution in [2.24, 2.45) is 0 Å². The summed E-state index contributed by atoms with van der Waals surface area (Å²) in [7, 11) is 0. The van der Waals surface area contributed by atoms with Gasteiger partial charge in [0.2, 0.25) is 0 Å². The van der Waals surface area contributed by atoms with E-state index in [-0.39, 0.29) is 5.41 Å². The Morgan fingerprint density at radius 1 is 0.460 bits per heavy atom. The van der Waals surface area contributed by atoms with Crippen LogP contribution in [0.3, 0.4) is 0 Å². The molecule has 0 aliphatic heterocycles. The van der Waals surface area contributed by atoms with Gasteiger partial charge in [0.05, 0.1) is 16.8 Å². The summed E-state index contributed by atoms with van der Waals surface area (Å²) < 4.78 is 6.64. The molecule has 0 fully saturated rings. The van der Waals surface area contributed by atoms with E-state index >= 15 is 0 Å². The van der Waals surface area contributed by atoms with Crippen LogP contribution >= 0.6 is 0 Å². The monoisotopic (exact) mass is 639 g/mol. The van der Waals surface area contributed by atoms with Gasteiger partial charge in [-0.2, -0.15) is 0 Å². The summed E-state index contributed by atoms with van der Waals surface area (Å²) in [6.45, 7) is 2.37. The molecule has 1 heterocycles. The lowest BCUT2D eigenvalue weighted by atomic mass is 9.74. The van der Waals surface area contributed by atoms with E-state index in [4.69, 9.17) is 4.42 Å². The normalized spacial score (nSPS) is 13.1. The van der Waals surface area contributed by atoms with Crippen LogP contribution in [0.2, 0.25) is 0 Å². The number of hydrogen-bond donors (Lipinski definition) is 0. The summed E-state index contributed by atoms with van der Waals surface area (Å²) in [6.07, 6.45) is 0. The molecule has 9 aromatic rings. The number of benzene rings is 8. The first kappa shape index (κ1) is 28.6. The van der Waals surface area contributed by atoms with Crippen molar-refractivity contribution in [1.82, 2.24) is 0 Å². The molecule has 10 rings (SSSR count). The summed E-state index contributed by atoms with van der Waals surface area (Å²) in [4.78, 5) is 2.41. The second-order valence-electron chi connectivity index (χ2n) is 13.4. The van der Waals surface area contributed by atoms with E-state index in [9.17, 15) is 0 Å². The second-order valence-corrected chi connectivity index (χ2v) is 13.4. The van der Waals surface area contributed by atoms with E-state index in [1.807, 2.05) is 0 Å². The van der Waals surface area contributed by atoms with Crippen molar-refractivity contribution in [3.63, 3.8) is 0 Å². The Balaban J connectivity index is 1.22. The van der Waals surface area contributed by atoms with Crippen LogP contribution in [0.25, 0.3) is 55.0 Å². The van der Waals surface area contributed by atoms with Gasteiger partial charge in [-0.05, 0) is 93.7 Å². The third kappa shape index (κ3) is 4.22. The first-order valence-electron chi connectivity index (χ1n) is 17.3. The van der Waals surface area contributed by atoms with E-state index in [2.05, 4.69) is 194 Å². The Hall–Kier alpha value is -6.38. The van der Waals surface area contributed by atoms with Crippen LogP contribution in [0.4, 0.5) is 17.1 Å². The Bertz CT molecular complexity index is 2670. The smallest absolute Gasteiger partial charge is 0.137 e. The Morgan fingerprint density at radius 3 is 1.86 bits per heavy atom. The average molecular weight is 640 g/mol. The summed E-state index contributed by atoms with van der Waals surface area (Å²) in [5.41, 5.74) is 13.7. The van der Waals surface area contributed by atoms with Gasteiger partial charge in [0.25, 0.3) is 0 Å². The van der Waals surface area contributed by atoms with E-state index in [0.717, 1.165) is 39.0 Å². The molecule has 2 heteroatoms. The van der Waals surface area contributed by atoms with Gasteiger partial charge in [-0.3, -0.25) is 0 Å². The van der Waals surface area contributed by atoms with Crippen LogP contribution in [0.1, 0.15) is 23.6 Å². The SMILES string of the molecule is CC1(c2ccc3oc4cccc(N(c5ccc(-c6ccccc6)cc5)c5cccc6ccccc56)c4c3c2)c2ccccc2-c2ccccc21. The summed E-state index contributed by atoms with van der Waals surface area (Å²) in [5.74, 6) is 0. The van der Waals surface area contributed by atoms with Crippen LogP contribution in [0, 0.1) is 0 Å². The number of anilines is 3. The Labute approximate surface area is 291 Å². The zero-order valence-corrected chi connectivity index (χ0v) is 27.7. The molecule has 0 radical (unpaired) electrons. The fourth-order valence-electron chi connectivity index (χ4n) is 8.31. The molecule has 1 aromatic heterocycles. The lowest BCUT2D eigenvalue weighted by Gasteiger charge is -2.29. The maximum atomic E-state index is 6.64. The minimum Gasteiger partial charge on any atom is -0.456 e. The number of rotatable bonds is 5. The molecular weight excluding hydrogens is 607 g/mol. The third-order valence-electron chi connectivity index (χ3n) is 10.8. The van der Waals surface area contributed by atoms with E-state index in [0.29, 0.717) is 0 Å². The van der Waals surface area contributed by atoms with Crippen LogP contribution in [-0.2, 0) is 5.41 Å². The van der Waals surface area contributed by atoms with E-state index < -0.39 is 0 Å². The standard InChI is InChI=1S/C48H33NO/c1-48(41-20-9-7-18-38(41)39-19-8-10-21-42(39)48)35-27-30-45-40(31-35)47-44(23-12-24-46(47)50-45)49(43-22-11-16-34-15-5-6-17-37(34)43)36-28-25-33(26-29-36)32-13-3-2-4-14-32/h2-31H,1H3. The van der Waals surface area contributed by atoms with Crippen LogP contribution in [-0.4, -0.2) is 0 Å². The number of hydrogen-bond acceptors (Lipinski definition) is 2. The lowest BCUT2D eigenvalue weighted by Crippen LogP contribution is -2.22. The average Bonchev–Trinajstić information content (AvgIpc) is 3.69. The molecule has 0 spiro atoms. The van der Waals surface area contributed by atoms with Crippen molar-refractivity contribution in [1.29, 1.82) is 0 Å². The number of nitrogens with zero attached hydrogens (tertiary/aromatic N) is 1. The van der Waals surface area contributed by atoms with Crippen molar-refractivity contribution in [2.45, 2.75) is 12.3 Å². The maximum absolute atomic E-state index is 6.64. The number of furan rings is 1. The summed E-state index contributed by atoms with van der Waals surface area (Å²) in [5, 5.41) is 4.61. The zero-order valence-electron chi connectivity index (χ0n) is 27.7. The quantitative estimate of drug-likeness (QED) is 0.186. The van der Waals surface area contributed by atoms with Crippen molar-refractivity contribution in [3.8, 4) is 22.3 Å². The predicted molar refractivity (Wildman–Crippen MR) is 209 cm³/mol. The minimum atomic E-state index is -0.303. The van der Waals surface area contributed by atoms with Gasteiger partial charge in [-0.15, -0.1) is 0 Å². The van der Waals surface area contributed by atoms with Gasteiger partial charge >= 0.3 is 0 Å².